The van der Waals surface area contributed by atoms with E-state index in [1.807, 2.05) is 23.2 Å². The summed E-state index contributed by atoms with van der Waals surface area (Å²) in [6, 6.07) is 66.1. The number of fused-ring (bicyclic) bond motifs is 8. The molecule has 282 valence electrons. The normalized spacial score (nSPS) is 15.8. The van der Waals surface area contributed by atoms with Crippen molar-refractivity contribution in [3.63, 3.8) is 0 Å². The molecule has 0 saturated heterocycles. The third-order valence-electron chi connectivity index (χ3n) is 13.3. The fourth-order valence-electron chi connectivity index (χ4n) is 10.3. The summed E-state index contributed by atoms with van der Waals surface area (Å²) in [6.07, 6.45) is 0. The Morgan fingerprint density at radius 3 is 1.32 bits per heavy atom. The number of benzene rings is 8. The smallest absolute Gasteiger partial charge is 0.310 e. The third kappa shape index (κ3) is 5.11. The molecule has 59 heavy (non-hydrogen) atoms. The van der Waals surface area contributed by atoms with E-state index in [2.05, 4.69) is 213 Å². The molecule has 0 aliphatic carbocycles. The predicted molar refractivity (Wildman–Crippen MR) is 253 cm³/mol. The first kappa shape index (κ1) is 35.1. The summed E-state index contributed by atoms with van der Waals surface area (Å²) in [6.45, 7) is 9.56. The highest BCUT2D eigenvalue weighted by atomic mass is 32.2. The van der Waals surface area contributed by atoms with Crippen molar-refractivity contribution >= 4 is 68.1 Å². The van der Waals surface area contributed by atoms with Crippen molar-refractivity contribution in [3.8, 4) is 33.4 Å². The van der Waals surface area contributed by atoms with Crippen molar-refractivity contribution in [2.75, 3.05) is 9.80 Å². The Labute approximate surface area is 355 Å². The molecule has 8 aromatic rings. The third-order valence-corrected chi connectivity index (χ3v) is 16.0. The molecular formula is C54H41BN2S2. The fourth-order valence-corrected chi connectivity index (χ4v) is 13.3. The van der Waals surface area contributed by atoms with Crippen LogP contribution in [0.15, 0.2) is 186 Å². The van der Waals surface area contributed by atoms with Crippen LogP contribution in [0.1, 0.15) is 49.9 Å². The van der Waals surface area contributed by atoms with Gasteiger partial charge in [0, 0.05) is 32.0 Å². The average Bonchev–Trinajstić information content (AvgIpc) is 3.27. The Kier molecular flexibility index (Phi) is 7.62. The van der Waals surface area contributed by atoms with Crippen LogP contribution in [0.3, 0.4) is 0 Å². The molecule has 4 aliphatic rings. The van der Waals surface area contributed by atoms with Crippen LogP contribution in [0.25, 0.3) is 33.4 Å². The fraction of sp³-hybridized carbons (Fsp3) is 0.111. The van der Waals surface area contributed by atoms with Gasteiger partial charge in [0.05, 0.1) is 22.7 Å². The molecule has 8 aromatic carbocycles. The summed E-state index contributed by atoms with van der Waals surface area (Å²) < 4.78 is 0. The van der Waals surface area contributed by atoms with Gasteiger partial charge >= 0.3 is 5.27 Å². The van der Waals surface area contributed by atoms with Gasteiger partial charge in [0.2, 0.25) is 0 Å². The highest BCUT2D eigenvalue weighted by Crippen LogP contribution is 2.57. The summed E-state index contributed by atoms with van der Waals surface area (Å²) in [7, 11) is 0. The van der Waals surface area contributed by atoms with Crippen LogP contribution in [0, 0.1) is 0 Å². The maximum absolute atomic E-state index is 2.55. The van der Waals surface area contributed by atoms with Gasteiger partial charge < -0.3 is 9.80 Å². The number of rotatable bonds is 3. The van der Waals surface area contributed by atoms with Crippen LogP contribution in [0.4, 0.5) is 34.1 Å². The highest BCUT2D eigenvalue weighted by molar-refractivity contribution is 8.56. The summed E-state index contributed by atoms with van der Waals surface area (Å²) in [4.78, 5) is 7.69. The van der Waals surface area contributed by atoms with Gasteiger partial charge in [-0.25, -0.2) is 0 Å². The van der Waals surface area contributed by atoms with E-state index in [4.69, 9.17) is 0 Å². The Bertz CT molecular complexity index is 2970. The Morgan fingerprint density at radius 2 is 0.797 bits per heavy atom. The van der Waals surface area contributed by atoms with Gasteiger partial charge in [0.25, 0.3) is 0 Å². The zero-order valence-corrected chi connectivity index (χ0v) is 35.2. The molecule has 0 radical (unpaired) electrons. The zero-order valence-electron chi connectivity index (χ0n) is 33.5. The van der Waals surface area contributed by atoms with Crippen LogP contribution in [-0.4, -0.2) is 5.27 Å². The molecule has 2 nitrogen and oxygen atoms in total. The first-order valence-corrected chi connectivity index (χ1v) is 22.4. The molecule has 0 bridgehead atoms. The van der Waals surface area contributed by atoms with Crippen molar-refractivity contribution in [1.29, 1.82) is 0 Å². The number of hydrogen-bond acceptors (Lipinski definition) is 4. The molecule has 0 unspecified atom stereocenters. The minimum Gasteiger partial charge on any atom is -0.310 e. The van der Waals surface area contributed by atoms with E-state index in [1.165, 1.54) is 105 Å². The molecular weight excluding hydrogens is 752 g/mol. The molecule has 0 N–H and O–H groups in total. The SMILES string of the molecule is CC1(C)c2ccccc2N(c2ccccc2)c2ccc(-c3ccc4c(c3)C(C)(C)c3ccccc3N4c3cc4c5c(c3)-c3ccccc3SB5Sc3ccccc3-4)cc21. The Hall–Kier alpha value is -5.88. The lowest BCUT2D eigenvalue weighted by atomic mass is 9.71. The van der Waals surface area contributed by atoms with Crippen LogP contribution >= 0.6 is 23.2 Å². The van der Waals surface area contributed by atoms with Crippen molar-refractivity contribution in [2.24, 2.45) is 0 Å². The van der Waals surface area contributed by atoms with E-state index in [-0.39, 0.29) is 10.8 Å². The van der Waals surface area contributed by atoms with Gasteiger partial charge in [-0.3, -0.25) is 0 Å². The highest BCUT2D eigenvalue weighted by Gasteiger charge is 2.41. The maximum atomic E-state index is 2.55. The lowest BCUT2D eigenvalue weighted by molar-refractivity contribution is 0.631. The number of para-hydroxylation sites is 3. The van der Waals surface area contributed by atoms with Gasteiger partial charge in [0.15, 0.2) is 0 Å². The molecule has 5 heteroatoms. The predicted octanol–water partition coefficient (Wildman–Crippen LogP) is 14.8. The number of anilines is 6. The van der Waals surface area contributed by atoms with Gasteiger partial charge in [0.1, 0.15) is 0 Å². The second-order valence-corrected chi connectivity index (χ2v) is 19.9. The van der Waals surface area contributed by atoms with Crippen LogP contribution in [0.5, 0.6) is 0 Å². The van der Waals surface area contributed by atoms with Crippen LogP contribution in [-0.2, 0) is 10.8 Å². The van der Waals surface area contributed by atoms with E-state index in [9.17, 15) is 0 Å². The minimum absolute atomic E-state index is 0.184. The largest absolute Gasteiger partial charge is 0.318 e. The zero-order chi connectivity index (χ0) is 39.6. The second kappa shape index (κ2) is 12.8. The van der Waals surface area contributed by atoms with Gasteiger partial charge in [-0.2, -0.15) is 23.2 Å². The van der Waals surface area contributed by atoms with Crippen molar-refractivity contribution in [2.45, 2.75) is 48.3 Å². The van der Waals surface area contributed by atoms with Gasteiger partial charge in [-0.15, -0.1) is 0 Å². The minimum atomic E-state index is -0.227. The van der Waals surface area contributed by atoms with Crippen molar-refractivity contribution in [3.05, 3.63) is 198 Å². The summed E-state index contributed by atoms with van der Waals surface area (Å²) in [5.41, 5.74) is 21.5. The van der Waals surface area contributed by atoms with E-state index in [1.54, 1.807) is 0 Å². The molecule has 0 saturated carbocycles. The first-order valence-electron chi connectivity index (χ1n) is 20.6. The molecule has 0 spiro atoms. The standard InChI is InChI=1S/C54H41BN2S2/c1-53(2)42-20-10-12-22-46(42)56(36-16-6-5-7-17-36)48-28-26-34(30-44(48)53)35-27-29-49-45(31-35)54(3,4)43-21-11-13-23-47(43)57(49)37-32-40-38-18-8-14-24-50(38)58-55-52(40)41(33-37)39-19-9-15-25-51(39)59-55/h5-33H,1-4H3. The maximum Gasteiger partial charge on any atom is 0.318 e. The molecule has 4 heterocycles. The van der Waals surface area contributed by atoms with Gasteiger partial charge in [-0.05, 0) is 134 Å². The molecule has 4 aliphatic heterocycles. The Morgan fingerprint density at radius 1 is 0.373 bits per heavy atom. The molecule has 0 atom stereocenters. The average molecular weight is 793 g/mol. The lowest BCUT2D eigenvalue weighted by Gasteiger charge is -2.43. The van der Waals surface area contributed by atoms with Crippen molar-refractivity contribution in [1.82, 2.24) is 0 Å². The molecule has 0 fully saturated rings. The molecule has 12 rings (SSSR count). The quantitative estimate of drug-likeness (QED) is 0.164. The number of hydrogen-bond donors (Lipinski definition) is 0. The molecule has 0 amide bonds. The van der Waals surface area contributed by atoms with E-state index in [0.717, 1.165) is 0 Å². The van der Waals surface area contributed by atoms with Crippen LogP contribution < -0.4 is 15.3 Å². The summed E-state index contributed by atoms with van der Waals surface area (Å²) in [5.74, 6) is 0. The topological polar surface area (TPSA) is 6.48 Å². The molecule has 0 aromatic heterocycles. The summed E-state index contributed by atoms with van der Waals surface area (Å²) >= 11 is 3.99. The van der Waals surface area contributed by atoms with E-state index in [0.29, 0.717) is 5.27 Å². The summed E-state index contributed by atoms with van der Waals surface area (Å²) in [5, 5.41) is 0.316. The first-order chi connectivity index (χ1) is 28.8. The van der Waals surface area contributed by atoms with E-state index < -0.39 is 0 Å². The number of nitrogens with zero attached hydrogens (tertiary/aromatic N) is 2. The van der Waals surface area contributed by atoms with Crippen molar-refractivity contribution < 1.29 is 0 Å². The van der Waals surface area contributed by atoms with Crippen LogP contribution in [0.2, 0.25) is 0 Å². The monoisotopic (exact) mass is 792 g/mol. The van der Waals surface area contributed by atoms with E-state index >= 15 is 0 Å². The van der Waals surface area contributed by atoms with Gasteiger partial charge in [-0.1, -0.05) is 131 Å². The Balaban J connectivity index is 1.04. The second-order valence-electron chi connectivity index (χ2n) is 17.3. The lowest BCUT2D eigenvalue weighted by Crippen LogP contribution is -2.35.